The minimum Gasteiger partial charge on any atom is -0.335 e. The Morgan fingerprint density at radius 2 is 1.95 bits per heavy atom. The zero-order valence-corrected chi connectivity index (χ0v) is 13.2. The van der Waals surface area contributed by atoms with Gasteiger partial charge < -0.3 is 9.88 Å². The summed E-state index contributed by atoms with van der Waals surface area (Å²) in [5.74, 6) is 1.07. The van der Waals surface area contributed by atoms with Gasteiger partial charge in [-0.05, 0) is 37.2 Å². The fourth-order valence-electron chi connectivity index (χ4n) is 2.32. The highest BCUT2D eigenvalue weighted by atomic mass is 35.5. The van der Waals surface area contributed by atoms with Crippen LogP contribution in [0.4, 0.5) is 0 Å². The van der Waals surface area contributed by atoms with Crippen LogP contribution in [0.1, 0.15) is 30.8 Å². The zero-order valence-electron chi connectivity index (χ0n) is 11.7. The Kier molecular flexibility index (Phi) is 5.46. The van der Waals surface area contributed by atoms with E-state index < -0.39 is 0 Å². The third-order valence-corrected chi connectivity index (χ3v) is 3.73. The Balaban J connectivity index is 2.22. The van der Waals surface area contributed by atoms with Crippen LogP contribution in [0.2, 0.25) is 10.0 Å². The van der Waals surface area contributed by atoms with E-state index in [4.69, 9.17) is 23.2 Å². The molecule has 0 aliphatic carbocycles. The van der Waals surface area contributed by atoms with Crippen LogP contribution in [0.3, 0.4) is 0 Å². The average molecular weight is 312 g/mol. The van der Waals surface area contributed by atoms with Gasteiger partial charge in [0, 0.05) is 41.4 Å². The maximum Gasteiger partial charge on any atom is 0.110 e. The Morgan fingerprint density at radius 3 is 2.55 bits per heavy atom. The molecule has 1 N–H and O–H groups in total. The smallest absolute Gasteiger partial charge is 0.110 e. The number of nitrogens with zero attached hydrogens (tertiary/aromatic N) is 2. The zero-order chi connectivity index (χ0) is 14.5. The lowest BCUT2D eigenvalue weighted by Gasteiger charge is -2.18. The highest BCUT2D eigenvalue weighted by Gasteiger charge is 2.14. The van der Waals surface area contributed by atoms with Crippen molar-refractivity contribution < 1.29 is 0 Å². The van der Waals surface area contributed by atoms with Gasteiger partial charge in [0.05, 0.1) is 0 Å². The molecule has 1 heterocycles. The van der Waals surface area contributed by atoms with E-state index in [2.05, 4.69) is 21.8 Å². The summed E-state index contributed by atoms with van der Waals surface area (Å²) in [6.07, 6.45) is 5.77. The summed E-state index contributed by atoms with van der Waals surface area (Å²) in [5.41, 5.74) is 1.08. The lowest BCUT2D eigenvalue weighted by Crippen LogP contribution is -2.21. The minimum atomic E-state index is 0.143. The van der Waals surface area contributed by atoms with E-state index in [-0.39, 0.29) is 6.04 Å². The second-order valence-electron chi connectivity index (χ2n) is 4.79. The summed E-state index contributed by atoms with van der Waals surface area (Å²) in [6, 6.07) is 5.78. The van der Waals surface area contributed by atoms with Gasteiger partial charge in [-0.2, -0.15) is 0 Å². The normalized spacial score (nSPS) is 12.6. The molecule has 0 bridgehead atoms. The van der Waals surface area contributed by atoms with Crippen molar-refractivity contribution in [2.24, 2.45) is 0 Å². The van der Waals surface area contributed by atoms with Crippen LogP contribution < -0.4 is 5.32 Å². The summed E-state index contributed by atoms with van der Waals surface area (Å²) in [6.45, 7) is 3.15. The Morgan fingerprint density at radius 1 is 1.25 bits per heavy atom. The van der Waals surface area contributed by atoms with Crippen molar-refractivity contribution in [3.8, 4) is 0 Å². The van der Waals surface area contributed by atoms with Crippen molar-refractivity contribution in [1.29, 1.82) is 0 Å². The van der Waals surface area contributed by atoms with E-state index in [1.165, 1.54) is 0 Å². The van der Waals surface area contributed by atoms with Gasteiger partial charge in [0.15, 0.2) is 0 Å². The molecule has 3 nitrogen and oxygen atoms in total. The first-order chi connectivity index (χ1) is 9.63. The number of imidazole rings is 1. The van der Waals surface area contributed by atoms with Gasteiger partial charge in [-0.25, -0.2) is 4.98 Å². The maximum atomic E-state index is 6.08. The van der Waals surface area contributed by atoms with Crippen molar-refractivity contribution >= 4 is 23.2 Å². The van der Waals surface area contributed by atoms with Crippen LogP contribution in [0.5, 0.6) is 0 Å². The molecule has 1 atom stereocenters. The van der Waals surface area contributed by atoms with Crippen molar-refractivity contribution in [3.63, 3.8) is 0 Å². The van der Waals surface area contributed by atoms with Gasteiger partial charge in [-0.3, -0.25) is 0 Å². The number of rotatable bonds is 6. The molecular formula is C15H19Cl2N3. The molecule has 0 aliphatic rings. The predicted octanol–water partition coefficient (Wildman–Crippen LogP) is 4.10. The molecule has 1 aromatic carbocycles. The third kappa shape index (κ3) is 3.75. The summed E-state index contributed by atoms with van der Waals surface area (Å²) < 4.78 is 2.19. The lowest BCUT2D eigenvalue weighted by atomic mass is 10.0. The maximum absolute atomic E-state index is 6.08. The van der Waals surface area contributed by atoms with Gasteiger partial charge in [-0.1, -0.05) is 30.1 Å². The van der Waals surface area contributed by atoms with Gasteiger partial charge in [0.1, 0.15) is 5.82 Å². The second-order valence-corrected chi connectivity index (χ2v) is 5.66. The number of benzene rings is 1. The summed E-state index contributed by atoms with van der Waals surface area (Å²) in [4.78, 5) is 4.45. The summed E-state index contributed by atoms with van der Waals surface area (Å²) >= 11 is 12.2. The van der Waals surface area contributed by atoms with Gasteiger partial charge in [0.25, 0.3) is 0 Å². The molecule has 2 rings (SSSR count). The molecule has 0 amide bonds. The molecule has 0 spiro atoms. The summed E-state index contributed by atoms with van der Waals surface area (Å²) in [7, 11) is 1.94. The number of hydrogen-bond donors (Lipinski definition) is 1. The van der Waals surface area contributed by atoms with E-state index in [9.17, 15) is 0 Å². The van der Waals surface area contributed by atoms with Crippen LogP contribution in [0.15, 0.2) is 30.6 Å². The molecule has 1 unspecified atom stereocenters. The van der Waals surface area contributed by atoms with Crippen molar-refractivity contribution in [3.05, 3.63) is 52.0 Å². The van der Waals surface area contributed by atoms with Crippen molar-refractivity contribution in [1.82, 2.24) is 14.9 Å². The van der Waals surface area contributed by atoms with Crippen molar-refractivity contribution in [2.45, 2.75) is 32.4 Å². The first-order valence-corrected chi connectivity index (χ1v) is 7.53. The molecule has 0 radical (unpaired) electrons. The van der Waals surface area contributed by atoms with Crippen LogP contribution >= 0.6 is 23.2 Å². The molecule has 0 saturated heterocycles. The van der Waals surface area contributed by atoms with E-state index in [1.54, 1.807) is 6.07 Å². The first-order valence-electron chi connectivity index (χ1n) is 6.77. The molecule has 5 heteroatoms. The van der Waals surface area contributed by atoms with Gasteiger partial charge >= 0.3 is 0 Å². The molecule has 2 aromatic rings. The summed E-state index contributed by atoms with van der Waals surface area (Å²) in [5, 5.41) is 4.62. The first kappa shape index (κ1) is 15.4. The predicted molar refractivity (Wildman–Crippen MR) is 84.5 cm³/mol. The topological polar surface area (TPSA) is 29.9 Å². The molecule has 0 saturated carbocycles. The van der Waals surface area contributed by atoms with E-state index in [0.29, 0.717) is 10.0 Å². The molecule has 108 valence electrons. The highest BCUT2D eigenvalue weighted by molar-refractivity contribution is 6.34. The standard InChI is InChI=1S/C15H19Cl2N3/c1-3-5-20-6-4-19-15(20)10-14(18-2)11-7-12(16)9-13(17)8-11/h4,6-9,14,18H,3,5,10H2,1-2H3. The Hall–Kier alpha value is -1.03. The monoisotopic (exact) mass is 311 g/mol. The van der Waals surface area contributed by atoms with Gasteiger partial charge in [0.2, 0.25) is 0 Å². The largest absolute Gasteiger partial charge is 0.335 e. The van der Waals surface area contributed by atoms with E-state index in [1.807, 2.05) is 31.6 Å². The van der Waals surface area contributed by atoms with Crippen LogP contribution in [-0.4, -0.2) is 16.6 Å². The van der Waals surface area contributed by atoms with Crippen molar-refractivity contribution in [2.75, 3.05) is 7.05 Å². The van der Waals surface area contributed by atoms with Crippen LogP contribution in [-0.2, 0) is 13.0 Å². The third-order valence-electron chi connectivity index (χ3n) is 3.29. The molecule has 0 fully saturated rings. The molecular weight excluding hydrogens is 293 g/mol. The molecule has 1 aromatic heterocycles. The minimum absolute atomic E-state index is 0.143. The molecule has 0 aliphatic heterocycles. The van der Waals surface area contributed by atoms with Gasteiger partial charge in [-0.15, -0.1) is 0 Å². The van der Waals surface area contributed by atoms with E-state index >= 15 is 0 Å². The fraction of sp³-hybridized carbons (Fsp3) is 0.400. The lowest BCUT2D eigenvalue weighted by molar-refractivity contribution is 0.543. The second kappa shape index (κ2) is 7.11. The Labute approximate surface area is 129 Å². The Bertz CT molecular complexity index is 546. The van der Waals surface area contributed by atoms with E-state index in [0.717, 1.165) is 30.8 Å². The van der Waals surface area contributed by atoms with Crippen LogP contribution in [0, 0.1) is 0 Å². The number of halogens is 2. The number of likely N-dealkylation sites (N-methyl/N-ethyl adjacent to an activating group) is 1. The number of nitrogens with one attached hydrogen (secondary N) is 1. The number of hydrogen-bond acceptors (Lipinski definition) is 2. The number of aromatic nitrogens is 2. The SMILES string of the molecule is CCCn1ccnc1CC(NC)c1cc(Cl)cc(Cl)c1. The molecule has 20 heavy (non-hydrogen) atoms. The highest BCUT2D eigenvalue weighted by Crippen LogP contribution is 2.25. The fourth-order valence-corrected chi connectivity index (χ4v) is 2.86. The average Bonchev–Trinajstić information content (AvgIpc) is 2.82. The number of aryl methyl sites for hydroxylation is 1. The quantitative estimate of drug-likeness (QED) is 0.870. The van der Waals surface area contributed by atoms with Crippen LogP contribution in [0.25, 0.3) is 0 Å².